The summed E-state index contributed by atoms with van der Waals surface area (Å²) < 4.78 is 27.9. The molecule has 0 fully saturated rings. The number of nitrogens with one attached hydrogen (secondary N) is 1. The van der Waals surface area contributed by atoms with Gasteiger partial charge in [0.1, 0.15) is 5.75 Å². The zero-order valence-electron chi connectivity index (χ0n) is 23.0. The van der Waals surface area contributed by atoms with Crippen molar-refractivity contribution in [1.29, 1.82) is 0 Å². The lowest BCUT2D eigenvalue weighted by molar-refractivity contribution is -0.143. The molecule has 0 amide bonds. The lowest BCUT2D eigenvalue weighted by Crippen LogP contribution is -2.36. The lowest BCUT2D eigenvalue weighted by Gasteiger charge is -2.37. The SMILES string of the molecule is COc1ccccc1[C@@H]1CC(=O)C2=C(C1)NC(C)=C(C(=O)OC(C)C)[C@H]2c1cc(OC)c(OC)c(OC)c1. The fourth-order valence-corrected chi connectivity index (χ4v) is 5.41. The molecule has 0 aromatic heterocycles. The highest BCUT2D eigenvalue weighted by Gasteiger charge is 2.42. The summed E-state index contributed by atoms with van der Waals surface area (Å²) >= 11 is 0. The first kappa shape index (κ1) is 27.1. The number of dihydropyridines is 1. The summed E-state index contributed by atoms with van der Waals surface area (Å²) in [6.45, 7) is 5.43. The van der Waals surface area contributed by atoms with Crippen molar-refractivity contribution in [3.05, 3.63) is 70.1 Å². The first-order valence-electron chi connectivity index (χ1n) is 12.6. The van der Waals surface area contributed by atoms with Crippen molar-refractivity contribution >= 4 is 11.8 Å². The number of hydrogen-bond acceptors (Lipinski definition) is 8. The number of ketones is 1. The second-order valence-corrected chi connectivity index (χ2v) is 9.67. The summed E-state index contributed by atoms with van der Waals surface area (Å²) in [6.07, 6.45) is 0.551. The summed E-state index contributed by atoms with van der Waals surface area (Å²) in [5.74, 6) is 0.796. The first-order chi connectivity index (χ1) is 18.2. The van der Waals surface area contributed by atoms with Gasteiger partial charge in [-0.05, 0) is 56.5 Å². The second kappa shape index (κ2) is 11.2. The zero-order chi connectivity index (χ0) is 27.6. The molecule has 2 aromatic carbocycles. The van der Waals surface area contributed by atoms with Crippen LogP contribution < -0.4 is 24.3 Å². The first-order valence-corrected chi connectivity index (χ1v) is 12.6. The van der Waals surface area contributed by atoms with Crippen molar-refractivity contribution < 1.29 is 33.3 Å². The maximum atomic E-state index is 13.9. The smallest absolute Gasteiger partial charge is 0.337 e. The van der Waals surface area contributed by atoms with Gasteiger partial charge in [-0.25, -0.2) is 4.79 Å². The Morgan fingerprint density at radius 3 is 2.13 bits per heavy atom. The molecule has 0 saturated heterocycles. The van der Waals surface area contributed by atoms with Crippen molar-refractivity contribution in [2.45, 2.75) is 51.6 Å². The largest absolute Gasteiger partial charge is 0.496 e. The van der Waals surface area contributed by atoms with Gasteiger partial charge in [-0.2, -0.15) is 0 Å². The van der Waals surface area contributed by atoms with E-state index < -0.39 is 11.9 Å². The van der Waals surface area contributed by atoms with E-state index in [1.54, 1.807) is 33.1 Å². The molecule has 1 heterocycles. The number of methoxy groups -OCH3 is 4. The van der Waals surface area contributed by atoms with E-state index in [9.17, 15) is 9.59 Å². The van der Waals surface area contributed by atoms with Crippen LogP contribution in [0, 0.1) is 0 Å². The summed E-state index contributed by atoms with van der Waals surface area (Å²) in [7, 11) is 6.23. The normalized spacial score (nSPS) is 19.1. The number of esters is 1. The molecule has 0 spiro atoms. The van der Waals surface area contributed by atoms with Gasteiger partial charge in [0, 0.05) is 35.2 Å². The van der Waals surface area contributed by atoms with Crippen LogP contribution in [0.1, 0.15) is 56.6 Å². The highest BCUT2D eigenvalue weighted by molar-refractivity contribution is 6.04. The molecule has 1 aliphatic heterocycles. The molecule has 0 bridgehead atoms. The number of para-hydroxylation sites is 1. The van der Waals surface area contributed by atoms with Gasteiger partial charge < -0.3 is 29.0 Å². The van der Waals surface area contributed by atoms with Gasteiger partial charge in [0.2, 0.25) is 5.75 Å². The quantitative estimate of drug-likeness (QED) is 0.484. The van der Waals surface area contributed by atoms with Crippen LogP contribution in [0.15, 0.2) is 58.9 Å². The van der Waals surface area contributed by atoms with E-state index in [1.807, 2.05) is 31.2 Å². The Morgan fingerprint density at radius 2 is 1.55 bits per heavy atom. The molecule has 2 aromatic rings. The van der Waals surface area contributed by atoms with Crippen LogP contribution in [-0.4, -0.2) is 46.3 Å². The molecule has 202 valence electrons. The average molecular weight is 522 g/mol. The Labute approximate surface area is 223 Å². The van der Waals surface area contributed by atoms with E-state index in [0.717, 1.165) is 17.0 Å². The van der Waals surface area contributed by atoms with Crippen LogP contribution >= 0.6 is 0 Å². The summed E-state index contributed by atoms with van der Waals surface area (Å²) in [5, 5.41) is 3.38. The zero-order valence-corrected chi connectivity index (χ0v) is 23.0. The number of carbonyl (C=O) groups is 2. The highest BCUT2D eigenvalue weighted by Crippen LogP contribution is 2.49. The number of carbonyl (C=O) groups excluding carboxylic acids is 2. The maximum absolute atomic E-state index is 13.9. The molecule has 1 aliphatic carbocycles. The van der Waals surface area contributed by atoms with E-state index in [-0.39, 0.29) is 24.2 Å². The molecule has 1 N–H and O–H groups in total. The summed E-state index contributed by atoms with van der Waals surface area (Å²) in [6, 6.07) is 11.3. The van der Waals surface area contributed by atoms with Gasteiger partial charge in [-0.3, -0.25) is 4.79 Å². The molecule has 4 rings (SSSR count). The van der Waals surface area contributed by atoms with Crippen molar-refractivity contribution in [3.63, 3.8) is 0 Å². The molecule has 8 nitrogen and oxygen atoms in total. The summed E-state index contributed by atoms with van der Waals surface area (Å²) in [5.41, 5.74) is 4.01. The third kappa shape index (κ3) is 4.95. The minimum absolute atomic E-state index is 0.0456. The van der Waals surface area contributed by atoms with Gasteiger partial charge in [0.05, 0.1) is 40.1 Å². The van der Waals surface area contributed by atoms with Gasteiger partial charge in [-0.15, -0.1) is 0 Å². The molecule has 0 unspecified atom stereocenters. The number of hydrogen-bond donors (Lipinski definition) is 1. The second-order valence-electron chi connectivity index (χ2n) is 9.67. The number of ether oxygens (including phenoxy) is 5. The Kier molecular flexibility index (Phi) is 7.99. The maximum Gasteiger partial charge on any atom is 0.337 e. The molecule has 2 aliphatic rings. The van der Waals surface area contributed by atoms with E-state index in [1.165, 1.54) is 21.3 Å². The topological polar surface area (TPSA) is 92.3 Å². The Balaban J connectivity index is 1.89. The Hall–Kier alpha value is -3.94. The third-order valence-corrected chi connectivity index (χ3v) is 6.99. The molecule has 2 atom stereocenters. The van der Waals surface area contributed by atoms with Crippen LogP contribution in [0.2, 0.25) is 0 Å². The van der Waals surface area contributed by atoms with Crippen molar-refractivity contribution in [3.8, 4) is 23.0 Å². The molecular weight excluding hydrogens is 486 g/mol. The molecular formula is C30H35NO7. The Bertz CT molecular complexity index is 1280. The fourth-order valence-electron chi connectivity index (χ4n) is 5.41. The monoisotopic (exact) mass is 521 g/mol. The van der Waals surface area contributed by atoms with E-state index in [2.05, 4.69) is 5.32 Å². The van der Waals surface area contributed by atoms with Gasteiger partial charge in [0.15, 0.2) is 17.3 Å². The predicted molar refractivity (Wildman–Crippen MR) is 143 cm³/mol. The highest BCUT2D eigenvalue weighted by atomic mass is 16.5. The van der Waals surface area contributed by atoms with Crippen molar-refractivity contribution in [2.75, 3.05) is 28.4 Å². The summed E-state index contributed by atoms with van der Waals surface area (Å²) in [4.78, 5) is 27.4. The van der Waals surface area contributed by atoms with Gasteiger partial charge in [-0.1, -0.05) is 18.2 Å². The molecule has 0 radical (unpaired) electrons. The number of rotatable bonds is 8. The third-order valence-electron chi connectivity index (χ3n) is 6.99. The van der Waals surface area contributed by atoms with Crippen molar-refractivity contribution in [2.24, 2.45) is 0 Å². The number of benzene rings is 2. The minimum Gasteiger partial charge on any atom is -0.496 e. The van der Waals surface area contributed by atoms with Crippen LogP contribution in [-0.2, 0) is 14.3 Å². The van der Waals surface area contributed by atoms with E-state index >= 15 is 0 Å². The van der Waals surface area contributed by atoms with E-state index in [0.29, 0.717) is 46.1 Å². The predicted octanol–water partition coefficient (Wildman–Crippen LogP) is 5.03. The van der Waals surface area contributed by atoms with Crippen LogP contribution in [0.25, 0.3) is 0 Å². The molecule has 0 saturated carbocycles. The standard InChI is InChI=1S/C30H35NO7/c1-16(2)38-30(33)26-17(3)31-21-12-18(20-10-8-9-11-23(20)34-4)13-22(32)28(21)27(26)19-14-24(35-5)29(37-7)25(15-19)36-6/h8-11,14-16,18,27,31H,12-13H2,1-7H3/t18-,27+/m0/s1. The molecule has 38 heavy (non-hydrogen) atoms. The van der Waals surface area contributed by atoms with Crippen LogP contribution in [0.4, 0.5) is 0 Å². The minimum atomic E-state index is -0.669. The van der Waals surface area contributed by atoms with Gasteiger partial charge >= 0.3 is 5.97 Å². The van der Waals surface area contributed by atoms with Crippen molar-refractivity contribution in [1.82, 2.24) is 5.32 Å². The van der Waals surface area contributed by atoms with Crippen LogP contribution in [0.3, 0.4) is 0 Å². The fraction of sp³-hybridized carbons (Fsp3) is 0.400. The Morgan fingerprint density at radius 1 is 0.921 bits per heavy atom. The van der Waals surface area contributed by atoms with Crippen LogP contribution in [0.5, 0.6) is 23.0 Å². The molecule has 8 heteroatoms. The number of Topliss-reactive ketones (excluding diaryl/α,β-unsaturated/α-hetero) is 1. The van der Waals surface area contributed by atoms with Gasteiger partial charge in [0.25, 0.3) is 0 Å². The van der Waals surface area contributed by atoms with E-state index in [4.69, 9.17) is 23.7 Å². The number of allylic oxidation sites excluding steroid dienone is 3. The lowest BCUT2D eigenvalue weighted by atomic mass is 9.71. The average Bonchev–Trinajstić information content (AvgIpc) is 2.90.